The van der Waals surface area contributed by atoms with Gasteiger partial charge in [-0.15, -0.1) is 0 Å². The first-order valence-electron chi connectivity index (χ1n) is 8.09. The molecule has 5 nitrogen and oxygen atoms in total. The molecule has 0 radical (unpaired) electrons. The molecule has 0 unspecified atom stereocenters. The second-order valence-corrected chi connectivity index (χ2v) is 5.62. The van der Waals surface area contributed by atoms with Crippen molar-refractivity contribution >= 4 is 5.82 Å². The standard InChI is InChI=1S/C19H18N4O/c1-2-6-15(7-3-1)19-21-17(16-8-4-5-9-20-16)14-18(22-19)23-10-12-24-13-11-23/h1-9,14H,10-13H2. The summed E-state index contributed by atoms with van der Waals surface area (Å²) in [5.41, 5.74) is 2.70. The van der Waals surface area contributed by atoms with E-state index in [2.05, 4.69) is 9.88 Å². The molecule has 5 heteroatoms. The first-order valence-corrected chi connectivity index (χ1v) is 8.09. The predicted octanol–water partition coefficient (Wildman–Crippen LogP) is 3.04. The SMILES string of the molecule is c1ccc(-c2nc(-c3ccccn3)cc(N3CCOCC3)n2)cc1. The van der Waals surface area contributed by atoms with Gasteiger partial charge in [0, 0.05) is 30.9 Å². The highest BCUT2D eigenvalue weighted by molar-refractivity contribution is 5.65. The van der Waals surface area contributed by atoms with Crippen LogP contribution < -0.4 is 4.90 Å². The molecule has 1 aromatic carbocycles. The Kier molecular flexibility index (Phi) is 4.16. The van der Waals surface area contributed by atoms with Crippen LogP contribution in [0, 0.1) is 0 Å². The third-order valence-corrected chi connectivity index (χ3v) is 4.01. The Morgan fingerprint density at radius 1 is 0.833 bits per heavy atom. The molecular formula is C19H18N4O. The van der Waals surface area contributed by atoms with E-state index in [-0.39, 0.29) is 0 Å². The first-order chi connectivity index (χ1) is 11.9. The Bertz CT molecular complexity index is 744. The third-order valence-electron chi connectivity index (χ3n) is 4.01. The maximum absolute atomic E-state index is 5.45. The molecule has 0 saturated carbocycles. The molecule has 0 spiro atoms. The summed E-state index contributed by atoms with van der Waals surface area (Å²) in [5, 5.41) is 0. The van der Waals surface area contributed by atoms with Gasteiger partial charge in [-0.1, -0.05) is 36.4 Å². The molecule has 4 rings (SSSR count). The first kappa shape index (κ1) is 14.8. The summed E-state index contributed by atoms with van der Waals surface area (Å²) >= 11 is 0. The van der Waals surface area contributed by atoms with E-state index in [4.69, 9.17) is 14.7 Å². The lowest BCUT2D eigenvalue weighted by atomic mass is 10.2. The molecule has 1 fully saturated rings. The predicted molar refractivity (Wildman–Crippen MR) is 93.7 cm³/mol. The molecule has 3 heterocycles. The van der Waals surface area contributed by atoms with Crippen LogP contribution in [0.2, 0.25) is 0 Å². The van der Waals surface area contributed by atoms with Crippen LogP contribution >= 0.6 is 0 Å². The quantitative estimate of drug-likeness (QED) is 0.743. The zero-order valence-electron chi connectivity index (χ0n) is 13.3. The molecule has 2 aromatic heterocycles. The van der Waals surface area contributed by atoms with Gasteiger partial charge in [0.1, 0.15) is 5.82 Å². The zero-order valence-corrected chi connectivity index (χ0v) is 13.3. The summed E-state index contributed by atoms with van der Waals surface area (Å²) in [6, 6.07) is 17.9. The molecule has 0 amide bonds. The maximum atomic E-state index is 5.45. The minimum atomic E-state index is 0.722. The van der Waals surface area contributed by atoms with Gasteiger partial charge >= 0.3 is 0 Å². The van der Waals surface area contributed by atoms with Gasteiger partial charge in [0.2, 0.25) is 0 Å². The molecule has 120 valence electrons. The van der Waals surface area contributed by atoms with Crippen molar-refractivity contribution in [2.75, 3.05) is 31.2 Å². The van der Waals surface area contributed by atoms with E-state index in [1.54, 1.807) is 6.20 Å². The molecule has 24 heavy (non-hydrogen) atoms. The number of benzene rings is 1. The van der Waals surface area contributed by atoms with Crippen LogP contribution in [-0.2, 0) is 4.74 Å². The van der Waals surface area contributed by atoms with Gasteiger partial charge in [0.25, 0.3) is 0 Å². The number of anilines is 1. The van der Waals surface area contributed by atoms with E-state index in [0.717, 1.165) is 54.9 Å². The molecule has 0 N–H and O–H groups in total. The number of hydrogen-bond acceptors (Lipinski definition) is 5. The van der Waals surface area contributed by atoms with Crippen LogP contribution in [-0.4, -0.2) is 41.3 Å². The van der Waals surface area contributed by atoms with Crippen molar-refractivity contribution in [2.24, 2.45) is 0 Å². The number of nitrogens with zero attached hydrogens (tertiary/aromatic N) is 4. The van der Waals surface area contributed by atoms with E-state index in [0.29, 0.717) is 0 Å². The van der Waals surface area contributed by atoms with Gasteiger partial charge in [-0.3, -0.25) is 4.98 Å². The van der Waals surface area contributed by atoms with Crippen LogP contribution in [0.3, 0.4) is 0 Å². The van der Waals surface area contributed by atoms with Crippen LogP contribution in [0.4, 0.5) is 5.82 Å². The summed E-state index contributed by atoms with van der Waals surface area (Å²) in [6.07, 6.45) is 1.79. The fourth-order valence-corrected chi connectivity index (χ4v) is 2.75. The lowest BCUT2D eigenvalue weighted by Crippen LogP contribution is -2.36. The van der Waals surface area contributed by atoms with Crippen LogP contribution in [0.15, 0.2) is 60.8 Å². The van der Waals surface area contributed by atoms with Gasteiger partial charge in [-0.05, 0) is 12.1 Å². The van der Waals surface area contributed by atoms with Gasteiger partial charge in [0.05, 0.1) is 24.6 Å². The largest absolute Gasteiger partial charge is 0.378 e. The van der Waals surface area contributed by atoms with E-state index in [1.807, 2.05) is 54.6 Å². The Labute approximate surface area is 141 Å². The normalized spacial score (nSPS) is 14.6. The Morgan fingerprint density at radius 2 is 1.62 bits per heavy atom. The van der Waals surface area contributed by atoms with Gasteiger partial charge in [-0.2, -0.15) is 0 Å². The number of aromatic nitrogens is 3. The average molecular weight is 318 g/mol. The van der Waals surface area contributed by atoms with E-state index < -0.39 is 0 Å². The molecule has 1 saturated heterocycles. The number of hydrogen-bond donors (Lipinski definition) is 0. The van der Waals surface area contributed by atoms with Gasteiger partial charge < -0.3 is 9.64 Å². The van der Waals surface area contributed by atoms with E-state index >= 15 is 0 Å². The third kappa shape index (κ3) is 3.12. The van der Waals surface area contributed by atoms with Crippen molar-refractivity contribution in [3.63, 3.8) is 0 Å². The lowest BCUT2D eigenvalue weighted by molar-refractivity contribution is 0.122. The fraction of sp³-hybridized carbons (Fsp3) is 0.211. The molecule has 3 aromatic rings. The van der Waals surface area contributed by atoms with Crippen LogP contribution in [0.25, 0.3) is 22.8 Å². The summed E-state index contributed by atoms with van der Waals surface area (Å²) in [6.45, 7) is 3.13. The minimum absolute atomic E-state index is 0.722. The number of ether oxygens (including phenoxy) is 1. The number of rotatable bonds is 3. The Balaban J connectivity index is 1.81. The second kappa shape index (κ2) is 6.76. The van der Waals surface area contributed by atoms with Crippen LogP contribution in [0.5, 0.6) is 0 Å². The lowest BCUT2D eigenvalue weighted by Gasteiger charge is -2.28. The zero-order chi connectivity index (χ0) is 16.2. The van der Waals surface area contributed by atoms with Crippen molar-refractivity contribution in [1.29, 1.82) is 0 Å². The average Bonchev–Trinajstić information content (AvgIpc) is 2.70. The molecule has 1 aliphatic heterocycles. The van der Waals surface area contributed by atoms with Gasteiger partial charge in [-0.25, -0.2) is 9.97 Å². The molecule has 0 bridgehead atoms. The highest BCUT2D eigenvalue weighted by Gasteiger charge is 2.16. The molecule has 1 aliphatic rings. The highest BCUT2D eigenvalue weighted by atomic mass is 16.5. The second-order valence-electron chi connectivity index (χ2n) is 5.62. The summed E-state index contributed by atoms with van der Waals surface area (Å²) in [7, 11) is 0. The highest BCUT2D eigenvalue weighted by Crippen LogP contribution is 2.25. The molecular weight excluding hydrogens is 300 g/mol. The van der Waals surface area contributed by atoms with Crippen molar-refractivity contribution in [3.05, 3.63) is 60.8 Å². The monoisotopic (exact) mass is 318 g/mol. The van der Waals surface area contributed by atoms with Crippen molar-refractivity contribution in [3.8, 4) is 22.8 Å². The summed E-state index contributed by atoms with van der Waals surface area (Å²) in [4.78, 5) is 16.2. The number of pyridine rings is 1. The number of morpholine rings is 1. The van der Waals surface area contributed by atoms with Crippen molar-refractivity contribution in [2.45, 2.75) is 0 Å². The smallest absolute Gasteiger partial charge is 0.162 e. The molecule has 0 aliphatic carbocycles. The maximum Gasteiger partial charge on any atom is 0.162 e. The van der Waals surface area contributed by atoms with Crippen molar-refractivity contribution in [1.82, 2.24) is 15.0 Å². The Hall–Kier alpha value is -2.79. The van der Waals surface area contributed by atoms with Crippen molar-refractivity contribution < 1.29 is 4.74 Å². The topological polar surface area (TPSA) is 51.1 Å². The summed E-state index contributed by atoms with van der Waals surface area (Å²) in [5.74, 6) is 1.65. The molecule has 0 atom stereocenters. The van der Waals surface area contributed by atoms with Gasteiger partial charge in [0.15, 0.2) is 5.82 Å². The minimum Gasteiger partial charge on any atom is -0.378 e. The Morgan fingerprint density at radius 3 is 2.38 bits per heavy atom. The van der Waals surface area contributed by atoms with E-state index in [1.165, 1.54) is 0 Å². The summed E-state index contributed by atoms with van der Waals surface area (Å²) < 4.78 is 5.45. The van der Waals surface area contributed by atoms with Crippen LogP contribution in [0.1, 0.15) is 0 Å². The fourth-order valence-electron chi connectivity index (χ4n) is 2.75. The van der Waals surface area contributed by atoms with E-state index in [9.17, 15) is 0 Å².